The second-order valence-corrected chi connectivity index (χ2v) is 6.62. The summed E-state index contributed by atoms with van der Waals surface area (Å²) in [6, 6.07) is 8.76. The molecule has 0 aliphatic heterocycles. The predicted octanol–water partition coefficient (Wildman–Crippen LogP) is 4.86. The fourth-order valence-electron chi connectivity index (χ4n) is 2.69. The maximum absolute atomic E-state index is 3.61. The van der Waals surface area contributed by atoms with Gasteiger partial charge in [0.1, 0.15) is 0 Å². The van der Waals surface area contributed by atoms with E-state index in [2.05, 4.69) is 55.3 Å². The number of aromatic amines is 1. The number of rotatable bonds is 8. The van der Waals surface area contributed by atoms with Gasteiger partial charge in [0.15, 0.2) is 0 Å². The maximum Gasteiger partial charge on any atom is 0.0457 e. The summed E-state index contributed by atoms with van der Waals surface area (Å²) in [6.07, 6.45) is 7.31. The molecule has 2 aromatic rings. The van der Waals surface area contributed by atoms with Gasteiger partial charge in [-0.05, 0) is 34.9 Å². The fourth-order valence-corrected chi connectivity index (χ4v) is 2.69. The molecule has 0 aliphatic rings. The van der Waals surface area contributed by atoms with Gasteiger partial charge in [-0.1, -0.05) is 52.2 Å². The van der Waals surface area contributed by atoms with Crippen molar-refractivity contribution in [1.82, 2.24) is 10.3 Å². The average molecular weight is 272 g/mol. The standard InChI is InChI=1S/C18H28N2/c1-4-5-6-10-18(2,3)14-19-13-15-7-8-16-9-11-20-17(16)12-15/h7-9,11-12,19-20H,4-6,10,13-14H2,1-3H3. The molecule has 0 amide bonds. The monoisotopic (exact) mass is 272 g/mol. The molecular weight excluding hydrogens is 244 g/mol. The van der Waals surface area contributed by atoms with Gasteiger partial charge in [0, 0.05) is 24.8 Å². The SMILES string of the molecule is CCCCCC(C)(C)CNCc1ccc2cc[nH]c2c1. The van der Waals surface area contributed by atoms with Crippen LogP contribution in [0.15, 0.2) is 30.5 Å². The van der Waals surface area contributed by atoms with Crippen molar-refractivity contribution in [2.75, 3.05) is 6.54 Å². The van der Waals surface area contributed by atoms with Crippen LogP contribution < -0.4 is 5.32 Å². The van der Waals surface area contributed by atoms with Crippen molar-refractivity contribution in [3.63, 3.8) is 0 Å². The van der Waals surface area contributed by atoms with Gasteiger partial charge in [-0.2, -0.15) is 0 Å². The summed E-state index contributed by atoms with van der Waals surface area (Å²) in [5, 5.41) is 4.90. The number of benzene rings is 1. The minimum absolute atomic E-state index is 0.395. The summed E-state index contributed by atoms with van der Waals surface area (Å²) in [5.41, 5.74) is 2.97. The van der Waals surface area contributed by atoms with E-state index in [1.807, 2.05) is 6.20 Å². The summed E-state index contributed by atoms with van der Waals surface area (Å²) in [4.78, 5) is 3.27. The molecule has 20 heavy (non-hydrogen) atoms. The molecule has 1 aromatic heterocycles. The van der Waals surface area contributed by atoms with E-state index in [1.54, 1.807) is 0 Å². The van der Waals surface area contributed by atoms with Gasteiger partial charge in [0.05, 0.1) is 0 Å². The predicted molar refractivity (Wildman–Crippen MR) is 87.9 cm³/mol. The first-order valence-electron chi connectivity index (χ1n) is 7.87. The van der Waals surface area contributed by atoms with Crippen LogP contribution in [0.2, 0.25) is 0 Å². The van der Waals surface area contributed by atoms with Crippen LogP contribution in [0.4, 0.5) is 0 Å². The highest BCUT2D eigenvalue weighted by atomic mass is 14.9. The van der Waals surface area contributed by atoms with Crippen LogP contribution in [0.3, 0.4) is 0 Å². The Bertz CT molecular complexity index is 525. The van der Waals surface area contributed by atoms with Gasteiger partial charge in [-0.25, -0.2) is 0 Å². The average Bonchev–Trinajstić information content (AvgIpc) is 2.86. The van der Waals surface area contributed by atoms with Crippen LogP contribution in [-0.2, 0) is 6.54 Å². The van der Waals surface area contributed by atoms with Gasteiger partial charge in [-0.3, -0.25) is 0 Å². The largest absolute Gasteiger partial charge is 0.361 e. The number of hydrogen-bond acceptors (Lipinski definition) is 1. The van der Waals surface area contributed by atoms with Crippen molar-refractivity contribution < 1.29 is 0 Å². The van der Waals surface area contributed by atoms with Crippen LogP contribution >= 0.6 is 0 Å². The Morgan fingerprint density at radius 2 is 2.00 bits per heavy atom. The van der Waals surface area contributed by atoms with Crippen LogP contribution in [-0.4, -0.2) is 11.5 Å². The zero-order chi connectivity index (χ0) is 14.4. The smallest absolute Gasteiger partial charge is 0.0457 e. The lowest BCUT2D eigenvalue weighted by Gasteiger charge is -2.25. The molecule has 0 unspecified atom stereocenters. The lowest BCUT2D eigenvalue weighted by Crippen LogP contribution is -2.29. The minimum Gasteiger partial charge on any atom is -0.361 e. The molecule has 1 heterocycles. The van der Waals surface area contributed by atoms with Gasteiger partial charge in [0.2, 0.25) is 0 Å². The van der Waals surface area contributed by atoms with Crippen molar-refractivity contribution in [1.29, 1.82) is 0 Å². The van der Waals surface area contributed by atoms with E-state index >= 15 is 0 Å². The fraction of sp³-hybridized carbons (Fsp3) is 0.556. The second kappa shape index (κ2) is 6.94. The number of unbranched alkanes of at least 4 members (excludes halogenated alkanes) is 2. The van der Waals surface area contributed by atoms with E-state index in [9.17, 15) is 0 Å². The van der Waals surface area contributed by atoms with Crippen molar-refractivity contribution in [3.8, 4) is 0 Å². The summed E-state index contributed by atoms with van der Waals surface area (Å²) in [6.45, 7) is 9.03. The third-order valence-corrected chi connectivity index (χ3v) is 4.01. The zero-order valence-corrected chi connectivity index (χ0v) is 13.1. The van der Waals surface area contributed by atoms with Gasteiger partial charge >= 0.3 is 0 Å². The second-order valence-electron chi connectivity index (χ2n) is 6.62. The van der Waals surface area contributed by atoms with E-state index in [0.717, 1.165) is 13.1 Å². The first kappa shape index (κ1) is 15.1. The Morgan fingerprint density at radius 3 is 2.80 bits per heavy atom. The third kappa shape index (κ3) is 4.38. The molecule has 0 spiro atoms. The van der Waals surface area contributed by atoms with E-state index in [0.29, 0.717) is 5.41 Å². The Morgan fingerprint density at radius 1 is 1.15 bits per heavy atom. The lowest BCUT2D eigenvalue weighted by molar-refractivity contribution is 0.302. The molecule has 0 radical (unpaired) electrons. The summed E-state index contributed by atoms with van der Waals surface area (Å²) >= 11 is 0. The van der Waals surface area contributed by atoms with Crippen molar-refractivity contribution in [2.45, 2.75) is 53.0 Å². The summed E-state index contributed by atoms with van der Waals surface area (Å²) in [7, 11) is 0. The molecule has 0 saturated carbocycles. The van der Waals surface area contributed by atoms with Crippen molar-refractivity contribution in [3.05, 3.63) is 36.0 Å². The van der Waals surface area contributed by atoms with Crippen LogP contribution in [0.25, 0.3) is 10.9 Å². The molecule has 0 fully saturated rings. The van der Waals surface area contributed by atoms with Gasteiger partial charge < -0.3 is 10.3 Å². The van der Waals surface area contributed by atoms with E-state index in [4.69, 9.17) is 0 Å². The molecular formula is C18H28N2. The molecule has 2 rings (SSSR count). The summed E-state index contributed by atoms with van der Waals surface area (Å²) < 4.78 is 0. The Kier molecular flexibility index (Phi) is 5.24. The molecule has 0 saturated heterocycles. The Balaban J connectivity index is 1.79. The minimum atomic E-state index is 0.395. The molecule has 110 valence electrons. The highest BCUT2D eigenvalue weighted by Gasteiger charge is 2.16. The molecule has 2 nitrogen and oxygen atoms in total. The number of fused-ring (bicyclic) bond motifs is 1. The first-order chi connectivity index (χ1) is 9.61. The Hall–Kier alpha value is -1.28. The normalized spacial score (nSPS) is 12.2. The maximum atomic E-state index is 3.61. The van der Waals surface area contributed by atoms with Crippen molar-refractivity contribution >= 4 is 10.9 Å². The number of hydrogen-bond donors (Lipinski definition) is 2. The van der Waals surface area contributed by atoms with Crippen LogP contribution in [0, 0.1) is 5.41 Å². The third-order valence-electron chi connectivity index (χ3n) is 4.01. The van der Waals surface area contributed by atoms with E-state index in [-0.39, 0.29) is 0 Å². The lowest BCUT2D eigenvalue weighted by atomic mass is 9.87. The molecule has 0 atom stereocenters. The molecule has 0 bridgehead atoms. The molecule has 0 aliphatic carbocycles. The van der Waals surface area contributed by atoms with Crippen molar-refractivity contribution in [2.24, 2.45) is 5.41 Å². The number of nitrogens with one attached hydrogen (secondary N) is 2. The molecule has 1 aromatic carbocycles. The first-order valence-corrected chi connectivity index (χ1v) is 7.87. The Labute approximate surface area is 123 Å². The van der Waals surface area contributed by atoms with Crippen LogP contribution in [0.5, 0.6) is 0 Å². The molecule has 2 heteroatoms. The topological polar surface area (TPSA) is 27.8 Å². The van der Waals surface area contributed by atoms with E-state index in [1.165, 1.54) is 42.1 Å². The summed E-state index contributed by atoms with van der Waals surface area (Å²) in [5.74, 6) is 0. The quantitative estimate of drug-likeness (QED) is 0.660. The van der Waals surface area contributed by atoms with E-state index < -0.39 is 0 Å². The van der Waals surface area contributed by atoms with Gasteiger partial charge in [-0.15, -0.1) is 0 Å². The highest BCUT2D eigenvalue weighted by Crippen LogP contribution is 2.23. The highest BCUT2D eigenvalue weighted by molar-refractivity contribution is 5.79. The van der Waals surface area contributed by atoms with Gasteiger partial charge in [0.25, 0.3) is 0 Å². The van der Waals surface area contributed by atoms with Crippen LogP contribution in [0.1, 0.15) is 52.0 Å². The molecule has 2 N–H and O–H groups in total. The zero-order valence-electron chi connectivity index (χ0n) is 13.1. The number of H-pyrrole nitrogens is 1. The number of aromatic nitrogens is 1.